The molecule has 0 radical (unpaired) electrons. The summed E-state index contributed by atoms with van der Waals surface area (Å²) in [6.07, 6.45) is 2.08. The van der Waals surface area contributed by atoms with E-state index >= 15 is 0 Å². The van der Waals surface area contributed by atoms with Gasteiger partial charge in [0.2, 0.25) is 5.91 Å². The summed E-state index contributed by atoms with van der Waals surface area (Å²) >= 11 is 0. The zero-order valence-electron chi connectivity index (χ0n) is 10.4. The van der Waals surface area contributed by atoms with Gasteiger partial charge in [0.25, 0.3) is 0 Å². The summed E-state index contributed by atoms with van der Waals surface area (Å²) in [6, 6.07) is 0. The molecule has 0 spiro atoms. The number of hydrogen-bond donors (Lipinski definition) is 2. The molecule has 0 bridgehead atoms. The highest BCUT2D eigenvalue weighted by atomic mass is 16.3. The molecule has 2 aliphatic heterocycles. The first-order chi connectivity index (χ1) is 8.29. The minimum Gasteiger partial charge on any atom is -0.396 e. The van der Waals surface area contributed by atoms with Crippen molar-refractivity contribution in [2.24, 2.45) is 5.92 Å². The van der Waals surface area contributed by atoms with Crippen molar-refractivity contribution < 1.29 is 9.90 Å². The summed E-state index contributed by atoms with van der Waals surface area (Å²) in [5.74, 6) is 0.515. The fourth-order valence-corrected chi connectivity index (χ4v) is 2.60. The number of nitrogens with one attached hydrogen (secondary N) is 1. The SMILES string of the molecule is O=C(CN1CCNCC1)N1CCCC(CO)C1. The molecule has 2 aliphatic rings. The quantitative estimate of drug-likeness (QED) is 0.674. The van der Waals surface area contributed by atoms with Gasteiger partial charge < -0.3 is 15.3 Å². The van der Waals surface area contributed by atoms with Gasteiger partial charge in [0, 0.05) is 45.9 Å². The smallest absolute Gasteiger partial charge is 0.236 e. The van der Waals surface area contributed by atoms with Crippen LogP contribution in [0.15, 0.2) is 0 Å². The molecule has 1 amide bonds. The zero-order valence-corrected chi connectivity index (χ0v) is 10.4. The van der Waals surface area contributed by atoms with Crippen molar-refractivity contribution in [3.05, 3.63) is 0 Å². The summed E-state index contributed by atoms with van der Waals surface area (Å²) in [7, 11) is 0. The van der Waals surface area contributed by atoms with Crippen LogP contribution in [0.4, 0.5) is 0 Å². The van der Waals surface area contributed by atoms with Crippen molar-refractivity contribution >= 4 is 5.91 Å². The Hall–Kier alpha value is -0.650. The van der Waals surface area contributed by atoms with Gasteiger partial charge in [0.1, 0.15) is 0 Å². The summed E-state index contributed by atoms with van der Waals surface area (Å²) in [5, 5.41) is 12.4. The molecule has 0 aromatic heterocycles. The maximum atomic E-state index is 12.1. The van der Waals surface area contributed by atoms with Gasteiger partial charge in [0.15, 0.2) is 0 Å². The van der Waals surface area contributed by atoms with Gasteiger partial charge in [-0.1, -0.05) is 0 Å². The van der Waals surface area contributed by atoms with Crippen molar-refractivity contribution in [2.45, 2.75) is 12.8 Å². The lowest BCUT2D eigenvalue weighted by molar-refractivity contribution is -0.134. The lowest BCUT2D eigenvalue weighted by Gasteiger charge is -2.34. The lowest BCUT2D eigenvalue weighted by atomic mass is 9.99. The number of nitrogens with zero attached hydrogens (tertiary/aromatic N) is 2. The lowest BCUT2D eigenvalue weighted by Crippen LogP contribution is -2.50. The van der Waals surface area contributed by atoms with Crippen LogP contribution in [0.2, 0.25) is 0 Å². The topological polar surface area (TPSA) is 55.8 Å². The van der Waals surface area contributed by atoms with Crippen molar-refractivity contribution in [1.29, 1.82) is 0 Å². The molecule has 2 fully saturated rings. The molecular weight excluding hydrogens is 218 g/mol. The van der Waals surface area contributed by atoms with Gasteiger partial charge in [-0.25, -0.2) is 0 Å². The van der Waals surface area contributed by atoms with Crippen LogP contribution in [0.25, 0.3) is 0 Å². The number of aliphatic hydroxyl groups excluding tert-OH is 1. The molecule has 2 saturated heterocycles. The molecule has 0 aliphatic carbocycles. The molecule has 2 rings (SSSR count). The Morgan fingerprint density at radius 2 is 2.06 bits per heavy atom. The Labute approximate surface area is 103 Å². The molecule has 2 heterocycles. The van der Waals surface area contributed by atoms with Crippen LogP contribution in [0, 0.1) is 5.92 Å². The molecular formula is C12H23N3O2. The fraction of sp³-hybridized carbons (Fsp3) is 0.917. The highest BCUT2D eigenvalue weighted by molar-refractivity contribution is 5.78. The number of carbonyl (C=O) groups excluding carboxylic acids is 1. The first-order valence-electron chi connectivity index (χ1n) is 6.61. The molecule has 0 aromatic carbocycles. The average molecular weight is 241 g/mol. The van der Waals surface area contributed by atoms with E-state index in [0.717, 1.165) is 52.1 Å². The number of likely N-dealkylation sites (tertiary alicyclic amines) is 1. The first kappa shape index (κ1) is 12.8. The minimum absolute atomic E-state index is 0.206. The van der Waals surface area contributed by atoms with Crippen LogP contribution in [0.5, 0.6) is 0 Å². The Bertz CT molecular complexity index is 254. The summed E-state index contributed by atoms with van der Waals surface area (Å²) in [5.41, 5.74) is 0. The van der Waals surface area contributed by atoms with E-state index in [0.29, 0.717) is 6.54 Å². The molecule has 2 N–H and O–H groups in total. The predicted octanol–water partition coefficient (Wildman–Crippen LogP) is -0.877. The third kappa shape index (κ3) is 3.66. The number of piperazine rings is 1. The van der Waals surface area contributed by atoms with Crippen LogP contribution in [-0.4, -0.2) is 73.2 Å². The molecule has 5 nitrogen and oxygen atoms in total. The van der Waals surface area contributed by atoms with E-state index in [-0.39, 0.29) is 18.4 Å². The molecule has 1 unspecified atom stereocenters. The van der Waals surface area contributed by atoms with E-state index < -0.39 is 0 Å². The van der Waals surface area contributed by atoms with Crippen LogP contribution >= 0.6 is 0 Å². The van der Waals surface area contributed by atoms with E-state index in [2.05, 4.69) is 10.2 Å². The van der Waals surface area contributed by atoms with Crippen molar-refractivity contribution in [2.75, 3.05) is 52.4 Å². The maximum Gasteiger partial charge on any atom is 0.236 e. The minimum atomic E-state index is 0.206. The van der Waals surface area contributed by atoms with Crippen LogP contribution in [0.3, 0.4) is 0 Å². The second-order valence-corrected chi connectivity index (χ2v) is 5.06. The van der Waals surface area contributed by atoms with E-state index in [1.165, 1.54) is 0 Å². The third-order valence-electron chi connectivity index (χ3n) is 3.70. The van der Waals surface area contributed by atoms with Gasteiger partial charge in [-0.3, -0.25) is 9.69 Å². The maximum absolute atomic E-state index is 12.1. The van der Waals surface area contributed by atoms with Gasteiger partial charge in [-0.05, 0) is 18.8 Å². The number of carbonyl (C=O) groups is 1. The zero-order chi connectivity index (χ0) is 12.1. The Morgan fingerprint density at radius 1 is 1.29 bits per heavy atom. The second-order valence-electron chi connectivity index (χ2n) is 5.06. The molecule has 0 aromatic rings. The summed E-state index contributed by atoms with van der Waals surface area (Å²) in [6.45, 7) is 6.23. The number of hydrogen-bond acceptors (Lipinski definition) is 4. The second kappa shape index (κ2) is 6.33. The molecule has 17 heavy (non-hydrogen) atoms. The number of amides is 1. The van der Waals surface area contributed by atoms with Crippen LogP contribution in [-0.2, 0) is 4.79 Å². The van der Waals surface area contributed by atoms with Gasteiger partial charge in [-0.2, -0.15) is 0 Å². The number of piperidine rings is 1. The van der Waals surface area contributed by atoms with Crippen LogP contribution in [0.1, 0.15) is 12.8 Å². The van der Waals surface area contributed by atoms with E-state index in [1.54, 1.807) is 0 Å². The summed E-state index contributed by atoms with van der Waals surface area (Å²) in [4.78, 5) is 16.2. The highest BCUT2D eigenvalue weighted by Gasteiger charge is 2.24. The molecule has 0 saturated carbocycles. The Morgan fingerprint density at radius 3 is 2.76 bits per heavy atom. The van der Waals surface area contributed by atoms with E-state index in [1.807, 2.05) is 4.90 Å². The van der Waals surface area contributed by atoms with Gasteiger partial charge >= 0.3 is 0 Å². The normalized spacial score (nSPS) is 27.1. The molecule has 98 valence electrons. The van der Waals surface area contributed by atoms with Crippen molar-refractivity contribution in [1.82, 2.24) is 15.1 Å². The Kier molecular flexibility index (Phi) is 4.76. The van der Waals surface area contributed by atoms with Crippen molar-refractivity contribution in [3.8, 4) is 0 Å². The monoisotopic (exact) mass is 241 g/mol. The molecule has 5 heteroatoms. The van der Waals surface area contributed by atoms with Crippen molar-refractivity contribution in [3.63, 3.8) is 0 Å². The summed E-state index contributed by atoms with van der Waals surface area (Å²) < 4.78 is 0. The standard InChI is InChI=1S/C12H23N3O2/c16-10-11-2-1-5-15(8-11)12(17)9-14-6-3-13-4-7-14/h11,13,16H,1-10H2. The number of aliphatic hydroxyl groups is 1. The number of rotatable bonds is 3. The highest BCUT2D eigenvalue weighted by Crippen LogP contribution is 2.16. The third-order valence-corrected chi connectivity index (χ3v) is 3.70. The van der Waals surface area contributed by atoms with E-state index in [9.17, 15) is 4.79 Å². The average Bonchev–Trinajstić information content (AvgIpc) is 2.40. The van der Waals surface area contributed by atoms with E-state index in [4.69, 9.17) is 5.11 Å². The first-order valence-corrected chi connectivity index (χ1v) is 6.61. The fourth-order valence-electron chi connectivity index (χ4n) is 2.60. The molecule has 1 atom stereocenters. The van der Waals surface area contributed by atoms with Gasteiger partial charge in [0.05, 0.1) is 6.54 Å². The Balaban J connectivity index is 1.78. The largest absolute Gasteiger partial charge is 0.396 e. The predicted molar refractivity (Wildman–Crippen MR) is 65.7 cm³/mol. The van der Waals surface area contributed by atoms with Gasteiger partial charge in [-0.15, -0.1) is 0 Å². The van der Waals surface area contributed by atoms with Crippen LogP contribution < -0.4 is 5.32 Å².